The number of nitrogens with one attached hydrogen (secondary N) is 1. The molecule has 4 nitrogen and oxygen atoms in total. The summed E-state index contributed by atoms with van der Waals surface area (Å²) >= 11 is 0. The highest BCUT2D eigenvalue weighted by molar-refractivity contribution is 5.86. The lowest BCUT2D eigenvalue weighted by Gasteiger charge is -2.42. The first kappa shape index (κ1) is 16.3. The number of halogens is 3. The third-order valence-electron chi connectivity index (χ3n) is 4.02. The monoisotopic (exact) mass is 314 g/mol. The minimum Gasteiger partial charge on any atom is -0.369 e. The maximum atomic E-state index is 12.6. The van der Waals surface area contributed by atoms with Crippen LogP contribution in [0, 0.1) is 5.92 Å². The fourth-order valence-corrected chi connectivity index (χ4v) is 3.09. The number of rotatable bonds is 2. The highest BCUT2D eigenvalue weighted by atomic mass is 19.4. The van der Waals surface area contributed by atoms with E-state index in [4.69, 9.17) is 5.73 Å². The fourth-order valence-electron chi connectivity index (χ4n) is 3.09. The Morgan fingerprint density at radius 3 is 2.27 bits per heavy atom. The Morgan fingerprint density at radius 2 is 1.82 bits per heavy atom. The zero-order valence-corrected chi connectivity index (χ0v) is 12.2. The van der Waals surface area contributed by atoms with Gasteiger partial charge in [-0.2, -0.15) is 13.2 Å². The lowest BCUT2D eigenvalue weighted by Crippen LogP contribution is -2.59. The molecule has 1 fully saturated rings. The summed E-state index contributed by atoms with van der Waals surface area (Å²) in [5.41, 5.74) is 4.32. The van der Waals surface area contributed by atoms with Gasteiger partial charge in [0.25, 0.3) is 0 Å². The van der Waals surface area contributed by atoms with Crippen molar-refractivity contribution in [1.29, 1.82) is 0 Å². The number of primary amides is 1. The maximum Gasteiger partial charge on any atom is 0.416 e. The topological polar surface area (TPSA) is 72.2 Å². The zero-order chi connectivity index (χ0) is 16.7. The molecule has 1 aliphatic heterocycles. The van der Waals surface area contributed by atoms with Crippen LogP contribution in [0.15, 0.2) is 24.3 Å². The van der Waals surface area contributed by atoms with E-state index < -0.39 is 35.0 Å². The molecule has 0 aliphatic carbocycles. The second-order valence-corrected chi connectivity index (χ2v) is 6.08. The van der Waals surface area contributed by atoms with Gasteiger partial charge in [0.2, 0.25) is 11.8 Å². The number of amides is 2. The predicted molar refractivity (Wildman–Crippen MR) is 73.7 cm³/mol. The summed E-state index contributed by atoms with van der Waals surface area (Å²) < 4.78 is 37.8. The maximum absolute atomic E-state index is 12.6. The Balaban J connectivity index is 2.39. The molecule has 0 bridgehead atoms. The summed E-state index contributed by atoms with van der Waals surface area (Å²) in [4.78, 5) is 23.6. The molecule has 2 unspecified atom stereocenters. The minimum absolute atomic E-state index is 0.0163. The van der Waals surface area contributed by atoms with Crippen LogP contribution in [0.4, 0.5) is 13.2 Å². The predicted octanol–water partition coefficient (Wildman–Crippen LogP) is 2.19. The Morgan fingerprint density at radius 1 is 1.27 bits per heavy atom. The van der Waals surface area contributed by atoms with Crippen LogP contribution in [0.25, 0.3) is 0 Å². The average molecular weight is 314 g/mol. The average Bonchev–Trinajstić information content (AvgIpc) is 2.35. The molecule has 1 aliphatic rings. The van der Waals surface area contributed by atoms with Gasteiger partial charge in [-0.3, -0.25) is 9.59 Å². The van der Waals surface area contributed by atoms with Crippen LogP contribution in [0.3, 0.4) is 0 Å². The summed E-state index contributed by atoms with van der Waals surface area (Å²) in [6, 6.07) is 4.51. The Hall–Kier alpha value is -2.05. The molecule has 2 amide bonds. The van der Waals surface area contributed by atoms with Crippen molar-refractivity contribution in [2.45, 2.75) is 37.9 Å². The van der Waals surface area contributed by atoms with Crippen LogP contribution >= 0.6 is 0 Å². The minimum atomic E-state index is -4.43. The van der Waals surface area contributed by atoms with Crippen LogP contribution in [-0.2, 0) is 15.8 Å². The van der Waals surface area contributed by atoms with E-state index in [0.29, 0.717) is 5.56 Å². The van der Waals surface area contributed by atoms with Crippen molar-refractivity contribution in [3.05, 3.63) is 35.4 Å². The molecule has 22 heavy (non-hydrogen) atoms. The Kier molecular flexibility index (Phi) is 3.93. The summed E-state index contributed by atoms with van der Waals surface area (Å²) in [5, 5.41) is 2.70. The van der Waals surface area contributed by atoms with Gasteiger partial charge in [-0.05, 0) is 31.5 Å². The standard InChI is InChI=1S/C15H17F3N2O2/c1-14(2)12(13(19)22)10(7-11(21)20-14)8-3-5-9(6-4-8)15(16,17)18/h3-6,10,12H,7H2,1-2H3,(H2,19,22)(H,20,21). The van der Waals surface area contributed by atoms with Gasteiger partial charge in [0, 0.05) is 17.9 Å². The second kappa shape index (κ2) is 5.30. The van der Waals surface area contributed by atoms with Gasteiger partial charge in [-0.1, -0.05) is 12.1 Å². The highest BCUT2D eigenvalue weighted by Crippen LogP contribution is 2.39. The number of hydrogen-bond donors (Lipinski definition) is 2. The van der Waals surface area contributed by atoms with Crippen molar-refractivity contribution in [3.8, 4) is 0 Å². The van der Waals surface area contributed by atoms with E-state index in [1.54, 1.807) is 13.8 Å². The first-order chi connectivity index (χ1) is 10.0. The Bertz CT molecular complexity index is 594. The van der Waals surface area contributed by atoms with Crippen LogP contribution in [0.2, 0.25) is 0 Å². The molecule has 0 saturated carbocycles. The van der Waals surface area contributed by atoms with Gasteiger partial charge in [-0.25, -0.2) is 0 Å². The van der Waals surface area contributed by atoms with Gasteiger partial charge in [0.1, 0.15) is 0 Å². The molecule has 0 spiro atoms. The lowest BCUT2D eigenvalue weighted by molar-refractivity contribution is -0.138. The molecule has 2 rings (SSSR count). The summed E-state index contributed by atoms with van der Waals surface area (Å²) in [5.74, 6) is -2.08. The highest BCUT2D eigenvalue weighted by Gasteiger charge is 2.46. The summed E-state index contributed by atoms with van der Waals surface area (Å²) in [6.07, 6.45) is -4.41. The van der Waals surface area contributed by atoms with E-state index in [2.05, 4.69) is 5.32 Å². The third-order valence-corrected chi connectivity index (χ3v) is 4.02. The molecule has 1 heterocycles. The van der Waals surface area contributed by atoms with Crippen LogP contribution < -0.4 is 11.1 Å². The van der Waals surface area contributed by atoms with E-state index in [9.17, 15) is 22.8 Å². The normalized spacial score (nSPS) is 24.7. The lowest BCUT2D eigenvalue weighted by atomic mass is 9.70. The van der Waals surface area contributed by atoms with E-state index in [1.807, 2.05) is 0 Å². The van der Waals surface area contributed by atoms with E-state index in [0.717, 1.165) is 12.1 Å². The number of nitrogens with two attached hydrogens (primary N) is 1. The third kappa shape index (κ3) is 3.08. The molecule has 7 heteroatoms. The zero-order valence-electron chi connectivity index (χ0n) is 12.2. The fraction of sp³-hybridized carbons (Fsp3) is 0.467. The van der Waals surface area contributed by atoms with Gasteiger partial charge in [0.05, 0.1) is 11.5 Å². The van der Waals surface area contributed by atoms with E-state index in [1.165, 1.54) is 12.1 Å². The van der Waals surface area contributed by atoms with Crippen molar-refractivity contribution in [2.24, 2.45) is 11.7 Å². The first-order valence-electron chi connectivity index (χ1n) is 6.80. The SMILES string of the molecule is CC1(C)NC(=O)CC(c2ccc(C(F)(F)F)cc2)C1C(N)=O. The van der Waals surface area contributed by atoms with Gasteiger partial charge in [0.15, 0.2) is 0 Å². The largest absolute Gasteiger partial charge is 0.416 e. The molecule has 1 saturated heterocycles. The molecular weight excluding hydrogens is 297 g/mol. The Labute approximate surface area is 125 Å². The molecule has 0 aromatic heterocycles. The van der Waals surface area contributed by atoms with E-state index in [-0.39, 0.29) is 12.3 Å². The quantitative estimate of drug-likeness (QED) is 0.878. The molecule has 1 aromatic rings. The van der Waals surface area contributed by atoms with Crippen molar-refractivity contribution < 1.29 is 22.8 Å². The van der Waals surface area contributed by atoms with Gasteiger partial charge < -0.3 is 11.1 Å². The van der Waals surface area contributed by atoms with Crippen LogP contribution in [0.1, 0.15) is 37.3 Å². The van der Waals surface area contributed by atoms with Gasteiger partial charge in [-0.15, -0.1) is 0 Å². The number of hydrogen-bond acceptors (Lipinski definition) is 2. The number of benzene rings is 1. The second-order valence-electron chi connectivity index (χ2n) is 6.08. The van der Waals surface area contributed by atoms with Crippen molar-refractivity contribution in [2.75, 3.05) is 0 Å². The molecule has 3 N–H and O–H groups in total. The van der Waals surface area contributed by atoms with Crippen LogP contribution in [0.5, 0.6) is 0 Å². The number of alkyl halides is 3. The first-order valence-corrected chi connectivity index (χ1v) is 6.80. The van der Waals surface area contributed by atoms with Gasteiger partial charge >= 0.3 is 6.18 Å². The molecule has 2 atom stereocenters. The van der Waals surface area contributed by atoms with Crippen molar-refractivity contribution >= 4 is 11.8 Å². The van der Waals surface area contributed by atoms with Crippen molar-refractivity contribution in [1.82, 2.24) is 5.32 Å². The van der Waals surface area contributed by atoms with E-state index >= 15 is 0 Å². The number of piperidine rings is 1. The number of carbonyl (C=O) groups excluding carboxylic acids is 2. The summed E-state index contributed by atoms with van der Waals surface area (Å²) in [7, 11) is 0. The molecule has 1 aromatic carbocycles. The van der Waals surface area contributed by atoms with Crippen molar-refractivity contribution in [3.63, 3.8) is 0 Å². The molecule has 120 valence electrons. The smallest absolute Gasteiger partial charge is 0.369 e. The molecular formula is C15H17F3N2O2. The number of carbonyl (C=O) groups is 2. The summed E-state index contributed by atoms with van der Waals surface area (Å²) in [6.45, 7) is 3.35. The van der Waals surface area contributed by atoms with Crippen LogP contribution in [-0.4, -0.2) is 17.4 Å². The molecule has 0 radical (unpaired) electrons.